The fraction of sp³-hybridized carbons (Fsp3) is 0.182. The highest BCUT2D eigenvalue weighted by molar-refractivity contribution is 7.15. The van der Waals surface area contributed by atoms with Gasteiger partial charge >= 0.3 is 0 Å². The van der Waals surface area contributed by atoms with Gasteiger partial charge in [0.25, 0.3) is 0 Å². The maximum absolute atomic E-state index is 12.5. The van der Waals surface area contributed by atoms with Crippen molar-refractivity contribution >= 4 is 22.2 Å². The maximum Gasteiger partial charge on any atom is 0.226 e. The van der Waals surface area contributed by atoms with Crippen molar-refractivity contribution in [3.63, 3.8) is 0 Å². The van der Waals surface area contributed by atoms with Crippen LogP contribution in [0.25, 0.3) is 16.2 Å². The van der Waals surface area contributed by atoms with Crippen molar-refractivity contribution in [1.29, 1.82) is 0 Å². The molecule has 0 spiro atoms. The molecule has 0 unspecified atom stereocenters. The zero-order valence-corrected chi connectivity index (χ0v) is 16.2. The Hall–Kier alpha value is -2.92. The lowest BCUT2D eigenvalue weighted by Gasteiger charge is -2.14. The molecule has 0 aliphatic heterocycles. The van der Waals surface area contributed by atoms with Gasteiger partial charge in [-0.2, -0.15) is 0 Å². The van der Waals surface area contributed by atoms with Crippen LogP contribution in [0.15, 0.2) is 66.2 Å². The number of hydrogen-bond donors (Lipinski definition) is 1. The smallest absolute Gasteiger partial charge is 0.226 e. The monoisotopic (exact) mass is 375 g/mol. The maximum atomic E-state index is 12.5. The second-order valence-corrected chi connectivity index (χ2v) is 7.58. The number of aryl methyl sites for hydroxylation is 1. The van der Waals surface area contributed by atoms with Gasteiger partial charge in [0.15, 0.2) is 4.96 Å². The number of benzene rings is 2. The summed E-state index contributed by atoms with van der Waals surface area (Å²) in [6.07, 6.45) is 2.35. The largest absolute Gasteiger partial charge is 0.349 e. The van der Waals surface area contributed by atoms with Crippen molar-refractivity contribution < 1.29 is 4.79 Å². The summed E-state index contributed by atoms with van der Waals surface area (Å²) in [5.41, 5.74) is 5.31. The third-order valence-electron chi connectivity index (χ3n) is 4.65. The van der Waals surface area contributed by atoms with E-state index in [4.69, 9.17) is 4.98 Å². The Morgan fingerprint density at radius 3 is 2.63 bits per heavy atom. The number of hydrogen-bond acceptors (Lipinski definition) is 3. The van der Waals surface area contributed by atoms with Gasteiger partial charge in [-0.15, -0.1) is 11.3 Å². The molecule has 0 radical (unpaired) electrons. The number of imidazole rings is 1. The van der Waals surface area contributed by atoms with E-state index < -0.39 is 0 Å². The number of carbonyl (C=O) groups is 1. The zero-order valence-electron chi connectivity index (χ0n) is 15.3. The van der Waals surface area contributed by atoms with Crippen molar-refractivity contribution in [1.82, 2.24) is 14.7 Å². The van der Waals surface area contributed by atoms with Gasteiger partial charge in [0.05, 0.1) is 18.2 Å². The third-order valence-corrected chi connectivity index (χ3v) is 5.54. The first-order valence-electron chi connectivity index (χ1n) is 8.97. The highest BCUT2D eigenvalue weighted by Crippen LogP contribution is 2.24. The van der Waals surface area contributed by atoms with Gasteiger partial charge in [0, 0.05) is 22.8 Å². The Morgan fingerprint density at radius 2 is 1.89 bits per heavy atom. The minimum Gasteiger partial charge on any atom is -0.349 e. The van der Waals surface area contributed by atoms with Gasteiger partial charge in [0.2, 0.25) is 5.91 Å². The first-order valence-corrected chi connectivity index (χ1v) is 9.85. The molecule has 1 N–H and O–H groups in total. The van der Waals surface area contributed by atoms with Crippen LogP contribution in [-0.4, -0.2) is 15.3 Å². The molecule has 4 nitrogen and oxygen atoms in total. The summed E-state index contributed by atoms with van der Waals surface area (Å²) in [6.45, 7) is 4.08. The molecule has 2 heterocycles. The van der Waals surface area contributed by atoms with Crippen LogP contribution in [0.3, 0.4) is 0 Å². The Kier molecular flexibility index (Phi) is 4.77. The van der Waals surface area contributed by atoms with E-state index in [1.54, 1.807) is 11.3 Å². The number of nitrogens with zero attached hydrogens (tertiary/aromatic N) is 2. The number of amides is 1. The van der Waals surface area contributed by atoms with E-state index in [2.05, 4.69) is 36.5 Å². The summed E-state index contributed by atoms with van der Waals surface area (Å²) in [4.78, 5) is 18.1. The van der Waals surface area contributed by atoms with Gasteiger partial charge < -0.3 is 5.32 Å². The van der Waals surface area contributed by atoms with Gasteiger partial charge in [-0.25, -0.2) is 4.98 Å². The number of thiazole rings is 1. The second-order valence-electron chi connectivity index (χ2n) is 6.75. The lowest BCUT2D eigenvalue weighted by molar-refractivity contribution is -0.121. The van der Waals surface area contributed by atoms with Crippen LogP contribution in [-0.2, 0) is 11.2 Å². The summed E-state index contributed by atoms with van der Waals surface area (Å²) >= 11 is 1.56. The van der Waals surface area contributed by atoms with E-state index in [1.165, 1.54) is 5.56 Å². The molecule has 0 saturated heterocycles. The normalized spacial score (nSPS) is 12.2. The summed E-state index contributed by atoms with van der Waals surface area (Å²) < 4.78 is 2.02. The lowest BCUT2D eigenvalue weighted by Crippen LogP contribution is -2.28. The summed E-state index contributed by atoms with van der Waals surface area (Å²) in [5.74, 6) is 0.0108. The Morgan fingerprint density at radius 1 is 1.15 bits per heavy atom. The molecule has 27 heavy (non-hydrogen) atoms. The van der Waals surface area contributed by atoms with Crippen LogP contribution < -0.4 is 5.32 Å². The third kappa shape index (κ3) is 3.78. The molecule has 2 aromatic heterocycles. The number of carbonyl (C=O) groups excluding carboxylic acids is 1. The van der Waals surface area contributed by atoms with Crippen LogP contribution >= 0.6 is 11.3 Å². The molecule has 136 valence electrons. The molecule has 4 aromatic rings. The van der Waals surface area contributed by atoms with Crippen LogP contribution in [0.5, 0.6) is 0 Å². The molecule has 0 aliphatic rings. The number of rotatable bonds is 5. The minimum absolute atomic E-state index is 0.0108. The molecule has 0 aliphatic carbocycles. The molecule has 0 saturated carbocycles. The van der Waals surface area contributed by atoms with Crippen LogP contribution in [0.1, 0.15) is 29.8 Å². The molecule has 1 atom stereocenters. The van der Waals surface area contributed by atoms with Gasteiger partial charge in [-0.1, -0.05) is 60.2 Å². The first kappa shape index (κ1) is 17.5. The topological polar surface area (TPSA) is 46.4 Å². The number of aromatic nitrogens is 2. The van der Waals surface area contributed by atoms with Gasteiger partial charge in [-0.05, 0) is 19.4 Å². The van der Waals surface area contributed by atoms with Crippen molar-refractivity contribution in [3.05, 3.63) is 83.0 Å². The molecule has 2 aromatic carbocycles. The summed E-state index contributed by atoms with van der Waals surface area (Å²) in [6, 6.07) is 18.3. The summed E-state index contributed by atoms with van der Waals surface area (Å²) in [7, 11) is 0. The molecule has 5 heteroatoms. The van der Waals surface area contributed by atoms with Crippen molar-refractivity contribution in [3.8, 4) is 11.3 Å². The minimum atomic E-state index is -0.0151. The predicted octanol–water partition coefficient (Wildman–Crippen LogP) is 4.79. The van der Waals surface area contributed by atoms with E-state index in [-0.39, 0.29) is 11.9 Å². The SMILES string of the molecule is Cc1ccc(-c2cn3c(CC(=O)N[C@H](C)c4ccccc4)csc3n2)cc1. The van der Waals surface area contributed by atoms with Crippen LogP contribution in [0.2, 0.25) is 0 Å². The first-order chi connectivity index (χ1) is 13.1. The van der Waals surface area contributed by atoms with Crippen molar-refractivity contribution in [2.75, 3.05) is 0 Å². The second kappa shape index (κ2) is 7.37. The molecule has 0 bridgehead atoms. The lowest BCUT2D eigenvalue weighted by atomic mass is 10.1. The highest BCUT2D eigenvalue weighted by Gasteiger charge is 2.14. The Bertz CT molecular complexity index is 1060. The van der Waals surface area contributed by atoms with E-state index in [0.717, 1.165) is 27.5 Å². The zero-order chi connectivity index (χ0) is 18.8. The summed E-state index contributed by atoms with van der Waals surface area (Å²) in [5, 5.41) is 5.08. The fourth-order valence-electron chi connectivity index (χ4n) is 3.10. The van der Waals surface area contributed by atoms with Gasteiger partial charge in [-0.3, -0.25) is 9.20 Å². The average molecular weight is 375 g/mol. The average Bonchev–Trinajstić information content (AvgIpc) is 3.25. The Balaban J connectivity index is 1.50. The highest BCUT2D eigenvalue weighted by atomic mass is 32.1. The molecule has 1 amide bonds. The quantitative estimate of drug-likeness (QED) is 0.545. The van der Waals surface area contributed by atoms with Gasteiger partial charge in [0.1, 0.15) is 0 Å². The van der Waals surface area contributed by atoms with Crippen LogP contribution in [0.4, 0.5) is 0 Å². The molecule has 4 rings (SSSR count). The number of nitrogens with one attached hydrogen (secondary N) is 1. The van der Waals surface area contributed by atoms with E-state index in [0.29, 0.717) is 6.42 Å². The molecule has 0 fully saturated rings. The van der Waals surface area contributed by atoms with Crippen molar-refractivity contribution in [2.45, 2.75) is 26.3 Å². The standard InChI is InChI=1S/C22H21N3OS/c1-15-8-10-18(11-9-15)20-13-25-19(14-27-22(25)24-20)12-21(26)23-16(2)17-6-4-3-5-7-17/h3-11,13-14,16H,12H2,1-2H3,(H,23,26)/t16-/m1/s1. The Labute approximate surface area is 162 Å². The molecular weight excluding hydrogens is 354 g/mol. The van der Waals surface area contributed by atoms with E-state index >= 15 is 0 Å². The molecular formula is C22H21N3OS. The van der Waals surface area contributed by atoms with E-state index in [9.17, 15) is 4.79 Å². The predicted molar refractivity (Wildman–Crippen MR) is 110 cm³/mol. The van der Waals surface area contributed by atoms with Crippen LogP contribution in [0, 0.1) is 6.92 Å². The van der Waals surface area contributed by atoms with E-state index in [1.807, 2.05) is 53.2 Å². The fourth-order valence-corrected chi connectivity index (χ4v) is 3.97. The number of fused-ring (bicyclic) bond motifs is 1. The van der Waals surface area contributed by atoms with Crippen molar-refractivity contribution in [2.24, 2.45) is 0 Å².